The van der Waals surface area contributed by atoms with Crippen molar-refractivity contribution in [1.82, 2.24) is 20.9 Å². The average Bonchev–Trinajstić information content (AvgIpc) is 2.63. The Balaban J connectivity index is 0.00000676. The molecule has 0 atom stereocenters. The van der Waals surface area contributed by atoms with Gasteiger partial charge in [0.2, 0.25) is 11.8 Å². The van der Waals surface area contributed by atoms with E-state index in [9.17, 15) is 9.59 Å². The molecule has 1 rings (SSSR count). The largest absolute Gasteiger partial charge is 0.357 e. The molecule has 0 aromatic heterocycles. The monoisotopic (exact) mass is 495 g/mol. The standard InChI is InChI=1S/C19H37N5O2.HI/c1-4-20-19(22-15-13-18(26)24(5-2)6-3)21-14-12-17(25)23-16-10-8-7-9-11-16;/h16H,4-15H2,1-3H3,(H,23,25)(H2,20,21,22);1H. The van der Waals surface area contributed by atoms with Crippen molar-refractivity contribution in [2.75, 3.05) is 32.7 Å². The zero-order valence-electron chi connectivity index (χ0n) is 17.2. The van der Waals surface area contributed by atoms with E-state index in [4.69, 9.17) is 0 Å². The van der Waals surface area contributed by atoms with Crippen LogP contribution < -0.4 is 16.0 Å². The van der Waals surface area contributed by atoms with Gasteiger partial charge >= 0.3 is 0 Å². The maximum atomic E-state index is 12.0. The molecule has 1 saturated carbocycles. The molecule has 3 N–H and O–H groups in total. The van der Waals surface area contributed by atoms with Crippen molar-refractivity contribution in [1.29, 1.82) is 0 Å². The third-order valence-electron chi connectivity index (χ3n) is 4.67. The van der Waals surface area contributed by atoms with Crippen LogP contribution in [0.3, 0.4) is 0 Å². The van der Waals surface area contributed by atoms with Crippen molar-refractivity contribution in [2.24, 2.45) is 4.99 Å². The van der Waals surface area contributed by atoms with Gasteiger partial charge < -0.3 is 20.9 Å². The predicted molar refractivity (Wildman–Crippen MR) is 122 cm³/mol. The SMILES string of the molecule is CCNC(=NCCC(=O)N(CC)CC)NCCC(=O)NC1CCCCC1.I. The van der Waals surface area contributed by atoms with Gasteiger partial charge in [0.1, 0.15) is 0 Å². The first-order valence-corrected chi connectivity index (χ1v) is 10.2. The minimum Gasteiger partial charge on any atom is -0.357 e. The van der Waals surface area contributed by atoms with Crippen molar-refractivity contribution in [3.63, 3.8) is 0 Å². The summed E-state index contributed by atoms with van der Waals surface area (Å²) in [5, 5.41) is 9.44. The maximum Gasteiger partial charge on any atom is 0.224 e. The number of guanidine groups is 1. The molecule has 27 heavy (non-hydrogen) atoms. The summed E-state index contributed by atoms with van der Waals surface area (Å²) in [4.78, 5) is 30.3. The van der Waals surface area contributed by atoms with Gasteiger partial charge in [0, 0.05) is 45.1 Å². The van der Waals surface area contributed by atoms with Crippen molar-refractivity contribution in [3.05, 3.63) is 0 Å². The van der Waals surface area contributed by atoms with Crippen LogP contribution in [0.15, 0.2) is 4.99 Å². The smallest absolute Gasteiger partial charge is 0.224 e. The fraction of sp³-hybridized carbons (Fsp3) is 0.842. The second-order valence-corrected chi connectivity index (χ2v) is 6.66. The molecule has 0 aromatic rings. The van der Waals surface area contributed by atoms with Gasteiger partial charge in [-0.3, -0.25) is 14.6 Å². The van der Waals surface area contributed by atoms with Crippen LogP contribution in [0.1, 0.15) is 65.7 Å². The highest BCUT2D eigenvalue weighted by Gasteiger charge is 2.15. The predicted octanol–water partition coefficient (Wildman–Crippen LogP) is 2.26. The lowest BCUT2D eigenvalue weighted by atomic mass is 9.95. The Bertz CT molecular complexity index is 449. The molecule has 1 aliphatic carbocycles. The Morgan fingerprint density at radius 1 is 1.00 bits per heavy atom. The number of nitrogens with zero attached hydrogens (tertiary/aromatic N) is 2. The molecule has 0 aromatic carbocycles. The maximum absolute atomic E-state index is 12.0. The van der Waals surface area contributed by atoms with Gasteiger partial charge in [0.25, 0.3) is 0 Å². The topological polar surface area (TPSA) is 85.8 Å². The third kappa shape index (κ3) is 11.4. The van der Waals surface area contributed by atoms with Crippen molar-refractivity contribution in [2.45, 2.75) is 71.8 Å². The van der Waals surface area contributed by atoms with Gasteiger partial charge in [-0.05, 0) is 33.6 Å². The quantitative estimate of drug-likeness (QED) is 0.247. The molecule has 2 amide bonds. The summed E-state index contributed by atoms with van der Waals surface area (Å²) >= 11 is 0. The van der Waals surface area contributed by atoms with E-state index >= 15 is 0 Å². The molecular formula is C19H38IN5O2. The zero-order chi connectivity index (χ0) is 19.2. The van der Waals surface area contributed by atoms with Gasteiger partial charge in [-0.2, -0.15) is 0 Å². The molecule has 158 valence electrons. The minimum absolute atomic E-state index is 0. The van der Waals surface area contributed by atoms with Gasteiger partial charge in [-0.15, -0.1) is 24.0 Å². The van der Waals surface area contributed by atoms with Crippen LogP contribution >= 0.6 is 24.0 Å². The molecule has 0 spiro atoms. The molecule has 0 unspecified atom stereocenters. The summed E-state index contributed by atoms with van der Waals surface area (Å²) < 4.78 is 0. The first kappa shape index (κ1) is 25.9. The lowest BCUT2D eigenvalue weighted by Gasteiger charge is -2.22. The highest BCUT2D eigenvalue weighted by molar-refractivity contribution is 14.0. The van der Waals surface area contributed by atoms with Crippen molar-refractivity contribution < 1.29 is 9.59 Å². The Kier molecular flexibility index (Phi) is 15.3. The highest BCUT2D eigenvalue weighted by atomic mass is 127. The Labute approximate surface area is 181 Å². The van der Waals surface area contributed by atoms with Crippen molar-refractivity contribution in [3.8, 4) is 0 Å². The van der Waals surface area contributed by atoms with E-state index < -0.39 is 0 Å². The second kappa shape index (κ2) is 15.9. The molecule has 0 heterocycles. The van der Waals surface area contributed by atoms with E-state index in [-0.39, 0.29) is 35.8 Å². The van der Waals surface area contributed by atoms with Gasteiger partial charge in [0.15, 0.2) is 5.96 Å². The van der Waals surface area contributed by atoms with E-state index in [0.29, 0.717) is 37.9 Å². The summed E-state index contributed by atoms with van der Waals surface area (Å²) in [6.07, 6.45) is 6.75. The first-order valence-electron chi connectivity index (χ1n) is 10.2. The number of carbonyl (C=O) groups is 2. The fourth-order valence-corrected chi connectivity index (χ4v) is 3.18. The van der Waals surface area contributed by atoms with Gasteiger partial charge in [-0.1, -0.05) is 19.3 Å². The third-order valence-corrected chi connectivity index (χ3v) is 4.67. The molecule has 1 fully saturated rings. The summed E-state index contributed by atoms with van der Waals surface area (Å²) in [6, 6.07) is 0.351. The minimum atomic E-state index is 0. The fourth-order valence-electron chi connectivity index (χ4n) is 3.18. The summed E-state index contributed by atoms with van der Waals surface area (Å²) in [6.45, 7) is 9.13. The molecule has 7 nitrogen and oxygen atoms in total. The molecule has 0 saturated heterocycles. The number of hydrogen-bond donors (Lipinski definition) is 3. The lowest BCUT2D eigenvalue weighted by Crippen LogP contribution is -2.41. The molecular weight excluding hydrogens is 457 g/mol. The van der Waals surface area contributed by atoms with Crippen LogP contribution in [-0.4, -0.2) is 61.4 Å². The van der Waals surface area contributed by atoms with E-state index in [0.717, 1.165) is 32.5 Å². The zero-order valence-corrected chi connectivity index (χ0v) is 19.5. The van der Waals surface area contributed by atoms with E-state index in [2.05, 4.69) is 20.9 Å². The van der Waals surface area contributed by atoms with Crippen LogP contribution in [0.2, 0.25) is 0 Å². The van der Waals surface area contributed by atoms with E-state index in [1.54, 1.807) is 0 Å². The number of amides is 2. The average molecular weight is 495 g/mol. The van der Waals surface area contributed by atoms with Crippen LogP contribution in [0.4, 0.5) is 0 Å². The van der Waals surface area contributed by atoms with E-state index in [1.807, 2.05) is 25.7 Å². The normalized spacial score (nSPS) is 14.9. The van der Waals surface area contributed by atoms with Crippen LogP contribution in [0.25, 0.3) is 0 Å². The summed E-state index contributed by atoms with van der Waals surface area (Å²) in [7, 11) is 0. The van der Waals surface area contributed by atoms with E-state index in [1.165, 1.54) is 19.3 Å². The van der Waals surface area contributed by atoms with Crippen LogP contribution in [-0.2, 0) is 9.59 Å². The lowest BCUT2D eigenvalue weighted by molar-refractivity contribution is -0.130. The summed E-state index contributed by atoms with van der Waals surface area (Å²) in [5.74, 6) is 0.878. The number of carbonyl (C=O) groups excluding carboxylic acids is 2. The van der Waals surface area contributed by atoms with Crippen LogP contribution in [0, 0.1) is 0 Å². The van der Waals surface area contributed by atoms with Crippen molar-refractivity contribution >= 4 is 41.8 Å². The molecule has 0 aliphatic heterocycles. The van der Waals surface area contributed by atoms with Gasteiger partial charge in [0.05, 0.1) is 6.54 Å². The Morgan fingerprint density at radius 2 is 1.67 bits per heavy atom. The Hall–Kier alpha value is -1.06. The molecule has 0 bridgehead atoms. The first-order chi connectivity index (χ1) is 12.6. The van der Waals surface area contributed by atoms with Gasteiger partial charge in [-0.25, -0.2) is 0 Å². The second-order valence-electron chi connectivity index (χ2n) is 6.66. The molecule has 8 heteroatoms. The highest BCUT2D eigenvalue weighted by Crippen LogP contribution is 2.17. The Morgan fingerprint density at radius 3 is 2.26 bits per heavy atom. The summed E-state index contributed by atoms with van der Waals surface area (Å²) in [5.41, 5.74) is 0. The number of aliphatic imine (C=N–C) groups is 1. The van der Waals surface area contributed by atoms with Crippen LogP contribution in [0.5, 0.6) is 0 Å². The molecule has 1 aliphatic rings. The number of nitrogens with one attached hydrogen (secondary N) is 3. The number of halogens is 1. The number of rotatable bonds is 10. The number of hydrogen-bond acceptors (Lipinski definition) is 3. The molecule has 0 radical (unpaired) electrons.